The average Bonchev–Trinajstić information content (AvgIpc) is 2.73. The summed E-state index contributed by atoms with van der Waals surface area (Å²) in [7, 11) is -2.40. The third kappa shape index (κ3) is 4.70. The predicted octanol–water partition coefficient (Wildman–Crippen LogP) is 2.94. The van der Waals surface area contributed by atoms with Crippen LogP contribution in [0.4, 0.5) is 0 Å². The number of esters is 1. The van der Waals surface area contributed by atoms with Crippen molar-refractivity contribution in [2.24, 2.45) is 0 Å². The van der Waals surface area contributed by atoms with Crippen molar-refractivity contribution in [1.82, 2.24) is 9.62 Å². The maximum atomic E-state index is 12.9. The van der Waals surface area contributed by atoms with Gasteiger partial charge in [-0.25, -0.2) is 17.9 Å². The summed E-state index contributed by atoms with van der Waals surface area (Å²) in [5.74, 6) is -0.538. The normalized spacial score (nSPS) is 20.9. The number of rotatable bonds is 6. The highest BCUT2D eigenvalue weighted by molar-refractivity contribution is 7.89. The number of carbonyl (C=O) groups is 1. The van der Waals surface area contributed by atoms with Crippen LogP contribution in [0.15, 0.2) is 29.2 Å². The molecule has 1 aromatic rings. The molecule has 2 aliphatic rings. The minimum absolute atomic E-state index is 0.0777. The number of hydrogen-bond donors (Lipinski definition) is 1. The number of nitrogens with zero attached hydrogens (tertiary/aromatic N) is 1. The Morgan fingerprint density at radius 1 is 1.11 bits per heavy atom. The second kappa shape index (κ2) is 8.71. The molecule has 0 aromatic heterocycles. The molecule has 6 nitrogen and oxygen atoms in total. The van der Waals surface area contributed by atoms with Crippen molar-refractivity contribution in [2.75, 3.05) is 26.7 Å². The van der Waals surface area contributed by atoms with Crippen molar-refractivity contribution in [3.8, 4) is 0 Å². The van der Waals surface area contributed by atoms with Crippen molar-refractivity contribution in [1.29, 1.82) is 0 Å². The van der Waals surface area contributed by atoms with E-state index < -0.39 is 16.0 Å². The Morgan fingerprint density at radius 2 is 1.78 bits per heavy atom. The largest absolute Gasteiger partial charge is 0.465 e. The van der Waals surface area contributed by atoms with Gasteiger partial charge in [0.25, 0.3) is 0 Å². The van der Waals surface area contributed by atoms with Gasteiger partial charge in [-0.3, -0.25) is 4.90 Å². The van der Waals surface area contributed by atoms with E-state index >= 15 is 0 Å². The Bertz CT molecular complexity index is 751. The molecule has 1 saturated heterocycles. The molecule has 1 aliphatic heterocycles. The zero-order valence-corrected chi connectivity index (χ0v) is 16.9. The molecule has 0 radical (unpaired) electrons. The molecule has 0 unspecified atom stereocenters. The molecule has 0 amide bonds. The Balaban J connectivity index is 1.77. The fourth-order valence-electron chi connectivity index (χ4n) is 4.40. The molecule has 2 fully saturated rings. The first-order valence-corrected chi connectivity index (χ1v) is 11.4. The van der Waals surface area contributed by atoms with Gasteiger partial charge in [0.15, 0.2) is 0 Å². The quantitative estimate of drug-likeness (QED) is 0.751. The lowest BCUT2D eigenvalue weighted by atomic mass is 9.79. The lowest BCUT2D eigenvalue weighted by molar-refractivity contribution is 0.0376. The molecule has 0 atom stereocenters. The van der Waals surface area contributed by atoms with Crippen LogP contribution in [0.25, 0.3) is 0 Å². The third-order valence-corrected chi connectivity index (χ3v) is 7.37. The molecule has 0 spiro atoms. The van der Waals surface area contributed by atoms with Crippen LogP contribution in [0.3, 0.4) is 0 Å². The molecule has 1 N–H and O–H groups in total. The average molecular weight is 395 g/mol. The Kier molecular flexibility index (Phi) is 6.55. The maximum Gasteiger partial charge on any atom is 0.337 e. The van der Waals surface area contributed by atoms with E-state index in [1.165, 1.54) is 44.9 Å². The van der Waals surface area contributed by atoms with E-state index in [1.54, 1.807) is 12.1 Å². The second-order valence-electron chi connectivity index (χ2n) is 7.68. The van der Waals surface area contributed by atoms with Crippen molar-refractivity contribution in [3.05, 3.63) is 29.8 Å². The molecular formula is C20H30N2O4S. The number of carbonyl (C=O) groups excluding carboxylic acids is 1. The number of likely N-dealkylation sites (tertiary alicyclic amines) is 1. The number of piperidine rings is 1. The predicted molar refractivity (Wildman–Crippen MR) is 104 cm³/mol. The summed E-state index contributed by atoms with van der Waals surface area (Å²) in [6, 6.07) is 6.02. The number of nitrogens with one attached hydrogen (secondary N) is 1. The van der Waals surface area contributed by atoms with E-state index in [2.05, 4.69) is 9.62 Å². The minimum atomic E-state index is -3.69. The fraction of sp³-hybridized carbons (Fsp3) is 0.650. The molecule has 1 aromatic carbocycles. The summed E-state index contributed by atoms with van der Waals surface area (Å²) in [6.07, 6.45) is 9.25. The summed E-state index contributed by atoms with van der Waals surface area (Å²) < 4.78 is 33.3. The van der Waals surface area contributed by atoms with E-state index in [0.29, 0.717) is 6.54 Å². The number of sulfonamides is 1. The van der Waals surface area contributed by atoms with Crippen LogP contribution in [-0.2, 0) is 14.8 Å². The van der Waals surface area contributed by atoms with Crippen LogP contribution in [-0.4, -0.2) is 51.6 Å². The van der Waals surface area contributed by atoms with Gasteiger partial charge in [0.2, 0.25) is 10.0 Å². The van der Waals surface area contributed by atoms with E-state index in [-0.39, 0.29) is 16.0 Å². The smallest absolute Gasteiger partial charge is 0.337 e. The number of benzene rings is 1. The number of hydrogen-bond acceptors (Lipinski definition) is 5. The van der Waals surface area contributed by atoms with Crippen molar-refractivity contribution in [2.45, 2.75) is 61.8 Å². The lowest BCUT2D eigenvalue weighted by Crippen LogP contribution is -2.58. The molecule has 1 aliphatic carbocycles. The topological polar surface area (TPSA) is 75.7 Å². The van der Waals surface area contributed by atoms with E-state index in [1.807, 2.05) is 0 Å². The second-order valence-corrected chi connectivity index (χ2v) is 9.44. The Labute approximate surface area is 162 Å². The van der Waals surface area contributed by atoms with Crippen molar-refractivity contribution >= 4 is 16.0 Å². The van der Waals surface area contributed by atoms with Gasteiger partial charge >= 0.3 is 5.97 Å². The van der Waals surface area contributed by atoms with Gasteiger partial charge in [-0.2, -0.15) is 0 Å². The van der Waals surface area contributed by atoms with Crippen molar-refractivity contribution in [3.63, 3.8) is 0 Å². The molecule has 1 heterocycles. The third-order valence-electron chi connectivity index (χ3n) is 5.97. The zero-order valence-electron chi connectivity index (χ0n) is 16.1. The number of ether oxygens (including phenoxy) is 1. The molecule has 3 rings (SSSR count). The van der Waals surface area contributed by atoms with Gasteiger partial charge in [0.1, 0.15) is 0 Å². The highest BCUT2D eigenvalue weighted by atomic mass is 32.2. The van der Waals surface area contributed by atoms with Gasteiger partial charge < -0.3 is 4.74 Å². The molecule has 0 bridgehead atoms. The summed E-state index contributed by atoms with van der Waals surface area (Å²) in [5.41, 5.74) is 0.162. The monoisotopic (exact) mass is 394 g/mol. The van der Waals surface area contributed by atoms with Crippen LogP contribution in [0.2, 0.25) is 0 Å². The van der Waals surface area contributed by atoms with Crippen LogP contribution in [0.1, 0.15) is 61.7 Å². The highest BCUT2D eigenvalue weighted by Crippen LogP contribution is 2.35. The SMILES string of the molecule is COC(=O)c1cccc(S(=O)(=O)NCC2(N3CCCCC3)CCCCC2)c1. The van der Waals surface area contributed by atoms with E-state index in [9.17, 15) is 13.2 Å². The van der Waals surface area contributed by atoms with Gasteiger partial charge in [-0.05, 0) is 57.0 Å². The van der Waals surface area contributed by atoms with Crippen molar-refractivity contribution < 1.29 is 17.9 Å². The first-order chi connectivity index (χ1) is 13.0. The first kappa shape index (κ1) is 20.3. The summed E-state index contributed by atoms with van der Waals surface area (Å²) in [6.45, 7) is 2.54. The summed E-state index contributed by atoms with van der Waals surface area (Å²) >= 11 is 0. The van der Waals surface area contributed by atoms with E-state index in [4.69, 9.17) is 4.74 Å². The molecule has 7 heteroatoms. The lowest BCUT2D eigenvalue weighted by Gasteiger charge is -2.48. The Hall–Kier alpha value is -1.44. The fourth-order valence-corrected chi connectivity index (χ4v) is 5.57. The molecule has 150 valence electrons. The minimum Gasteiger partial charge on any atom is -0.465 e. The molecular weight excluding hydrogens is 364 g/mol. The van der Waals surface area contributed by atoms with Gasteiger partial charge in [-0.1, -0.05) is 31.7 Å². The van der Waals surface area contributed by atoms with Gasteiger partial charge in [0.05, 0.1) is 17.6 Å². The maximum absolute atomic E-state index is 12.9. The standard InChI is InChI=1S/C20H30N2O4S/c1-26-19(23)17-9-8-10-18(15-17)27(24,25)21-16-20(11-4-2-5-12-20)22-13-6-3-7-14-22/h8-10,15,21H,2-7,11-14,16H2,1H3. The first-order valence-electron chi connectivity index (χ1n) is 9.90. The highest BCUT2D eigenvalue weighted by Gasteiger charge is 2.39. The molecule has 27 heavy (non-hydrogen) atoms. The van der Waals surface area contributed by atoms with Crippen LogP contribution in [0, 0.1) is 0 Å². The van der Waals surface area contributed by atoms with Crippen LogP contribution in [0.5, 0.6) is 0 Å². The number of methoxy groups -OCH3 is 1. The zero-order chi connectivity index (χ0) is 19.3. The summed E-state index contributed by atoms with van der Waals surface area (Å²) in [5, 5.41) is 0. The van der Waals surface area contributed by atoms with Gasteiger partial charge in [0, 0.05) is 12.1 Å². The van der Waals surface area contributed by atoms with Gasteiger partial charge in [-0.15, -0.1) is 0 Å². The van der Waals surface area contributed by atoms with Crippen LogP contribution < -0.4 is 4.72 Å². The Morgan fingerprint density at radius 3 is 2.44 bits per heavy atom. The molecule has 1 saturated carbocycles. The van der Waals surface area contributed by atoms with E-state index in [0.717, 1.165) is 38.8 Å². The van der Waals surface area contributed by atoms with Crippen LogP contribution >= 0.6 is 0 Å². The summed E-state index contributed by atoms with van der Waals surface area (Å²) in [4.78, 5) is 14.3.